The normalized spacial score (nSPS) is 22.7. The maximum absolute atomic E-state index is 3.83. The Morgan fingerprint density at radius 3 is 2.13 bits per heavy atom. The predicted octanol–water partition coefficient (Wildman–Crippen LogP) is 7.70. The highest BCUT2D eigenvalue weighted by Crippen LogP contribution is 2.43. The molecule has 1 aliphatic carbocycles. The highest BCUT2D eigenvalue weighted by Gasteiger charge is 2.33. The number of allylic oxidation sites excluding steroid dienone is 1. The first kappa shape index (κ1) is 21.7. The van der Waals surface area contributed by atoms with E-state index in [-0.39, 0.29) is 0 Å². The highest BCUT2D eigenvalue weighted by atomic mass is 14.4. The molecule has 0 unspecified atom stereocenters. The Hall–Kier alpha value is -1.26. The van der Waals surface area contributed by atoms with Crippen molar-refractivity contribution in [3.63, 3.8) is 0 Å². The molecule has 0 aliphatic heterocycles. The van der Waals surface area contributed by atoms with Crippen LogP contribution in [0.4, 0.5) is 0 Å². The van der Waals surface area contributed by atoms with Crippen LogP contribution in [0.3, 0.4) is 0 Å². The van der Waals surface area contributed by atoms with Gasteiger partial charge in [0, 0.05) is 0 Å². The highest BCUT2D eigenvalue weighted by molar-refractivity contribution is 5.67. The average Bonchev–Trinajstić information content (AvgIpc) is 2.60. The van der Waals surface area contributed by atoms with E-state index in [0.717, 1.165) is 5.92 Å². The summed E-state index contributed by atoms with van der Waals surface area (Å²) >= 11 is 0. The molecule has 1 aromatic carbocycles. The van der Waals surface area contributed by atoms with Gasteiger partial charge in [-0.05, 0) is 67.6 Å². The Kier molecular flexibility index (Phi) is 9.93. The van der Waals surface area contributed by atoms with Crippen LogP contribution >= 0.6 is 0 Å². The minimum absolute atomic E-state index is 0.327. The Labute approximate surface area is 145 Å². The van der Waals surface area contributed by atoms with Crippen LogP contribution < -0.4 is 0 Å². The third-order valence-corrected chi connectivity index (χ3v) is 4.87. The van der Waals surface area contributed by atoms with E-state index < -0.39 is 0 Å². The zero-order valence-electron chi connectivity index (χ0n) is 16.8. The second-order valence-corrected chi connectivity index (χ2v) is 6.59. The summed E-state index contributed by atoms with van der Waals surface area (Å²) in [7, 11) is 0. The molecule has 130 valence electrons. The predicted molar refractivity (Wildman–Crippen MR) is 107 cm³/mol. The SMILES string of the molecule is C=C=C(C)c1cc(C)ccc1C1(C)CCC(C)CC1.CC.CC. The number of aryl methyl sites for hydroxylation is 1. The van der Waals surface area contributed by atoms with Crippen LogP contribution in [0.1, 0.15) is 90.8 Å². The molecule has 0 N–H and O–H groups in total. The molecule has 0 aromatic heterocycles. The van der Waals surface area contributed by atoms with Gasteiger partial charge in [0.1, 0.15) is 0 Å². The molecule has 0 saturated heterocycles. The summed E-state index contributed by atoms with van der Waals surface area (Å²) in [6.45, 7) is 20.9. The van der Waals surface area contributed by atoms with Crippen LogP contribution in [-0.4, -0.2) is 0 Å². The average molecular weight is 315 g/mol. The van der Waals surface area contributed by atoms with Gasteiger partial charge in [0.15, 0.2) is 0 Å². The van der Waals surface area contributed by atoms with Crippen molar-refractivity contribution in [1.82, 2.24) is 0 Å². The lowest BCUT2D eigenvalue weighted by Crippen LogP contribution is -2.29. The molecular formula is C23H38. The van der Waals surface area contributed by atoms with E-state index in [1.54, 1.807) is 0 Å². The van der Waals surface area contributed by atoms with Gasteiger partial charge in [-0.2, -0.15) is 0 Å². The molecule has 1 saturated carbocycles. The first-order valence-electron chi connectivity index (χ1n) is 9.44. The summed E-state index contributed by atoms with van der Waals surface area (Å²) in [5, 5.41) is 0. The Morgan fingerprint density at radius 1 is 1.13 bits per heavy atom. The monoisotopic (exact) mass is 314 g/mol. The molecule has 2 rings (SSSR count). The summed E-state index contributed by atoms with van der Waals surface area (Å²) in [5.41, 5.74) is 8.76. The third-order valence-electron chi connectivity index (χ3n) is 4.87. The molecule has 0 atom stereocenters. The Morgan fingerprint density at radius 2 is 1.65 bits per heavy atom. The van der Waals surface area contributed by atoms with Crippen LogP contribution in [0.5, 0.6) is 0 Å². The first-order chi connectivity index (χ1) is 11.0. The van der Waals surface area contributed by atoms with Gasteiger partial charge in [-0.15, -0.1) is 5.73 Å². The first-order valence-corrected chi connectivity index (χ1v) is 9.44. The molecule has 0 heteroatoms. The molecule has 0 spiro atoms. The number of hydrogen-bond acceptors (Lipinski definition) is 0. The Bertz CT molecular complexity index is 507. The van der Waals surface area contributed by atoms with E-state index in [1.165, 1.54) is 47.9 Å². The maximum Gasteiger partial charge on any atom is -0.00222 e. The van der Waals surface area contributed by atoms with Gasteiger partial charge < -0.3 is 0 Å². The fraction of sp³-hybridized carbons (Fsp3) is 0.609. The lowest BCUT2D eigenvalue weighted by Gasteiger charge is -2.38. The third kappa shape index (κ3) is 5.70. The van der Waals surface area contributed by atoms with E-state index >= 15 is 0 Å². The van der Waals surface area contributed by atoms with Crippen molar-refractivity contribution in [2.75, 3.05) is 0 Å². The number of benzene rings is 1. The molecule has 23 heavy (non-hydrogen) atoms. The van der Waals surface area contributed by atoms with E-state index in [0.29, 0.717) is 5.41 Å². The van der Waals surface area contributed by atoms with Crippen molar-refractivity contribution in [2.24, 2.45) is 5.92 Å². The molecule has 1 fully saturated rings. The fourth-order valence-electron chi connectivity index (χ4n) is 3.26. The molecular weight excluding hydrogens is 276 g/mol. The van der Waals surface area contributed by atoms with E-state index in [2.05, 4.69) is 58.2 Å². The van der Waals surface area contributed by atoms with Crippen LogP contribution in [0, 0.1) is 12.8 Å². The maximum atomic E-state index is 3.83. The Balaban J connectivity index is 0.00000112. The summed E-state index contributed by atoms with van der Waals surface area (Å²) in [6, 6.07) is 6.88. The van der Waals surface area contributed by atoms with Gasteiger partial charge in [-0.3, -0.25) is 0 Å². The second kappa shape index (κ2) is 10.5. The number of hydrogen-bond donors (Lipinski definition) is 0. The zero-order valence-corrected chi connectivity index (χ0v) is 16.8. The quantitative estimate of drug-likeness (QED) is 0.490. The summed E-state index contributed by atoms with van der Waals surface area (Å²) in [6.07, 6.45) is 5.30. The van der Waals surface area contributed by atoms with E-state index in [9.17, 15) is 0 Å². The van der Waals surface area contributed by atoms with Crippen LogP contribution in [0.25, 0.3) is 5.57 Å². The standard InChI is InChI=1S/C19H26.2C2H6/c1-6-16(4)17-13-15(3)7-8-18(17)19(5)11-9-14(2)10-12-19;2*1-2/h7-8,13-14H,1,9-12H2,2-5H3;2*1-2H3. The van der Waals surface area contributed by atoms with Gasteiger partial charge in [-0.1, -0.05) is 71.9 Å². The van der Waals surface area contributed by atoms with Crippen LogP contribution in [0.2, 0.25) is 0 Å². The van der Waals surface area contributed by atoms with Crippen molar-refractivity contribution in [3.8, 4) is 0 Å². The molecule has 0 heterocycles. The van der Waals surface area contributed by atoms with Gasteiger partial charge >= 0.3 is 0 Å². The van der Waals surface area contributed by atoms with Crippen molar-refractivity contribution in [2.45, 2.75) is 86.5 Å². The topological polar surface area (TPSA) is 0 Å². The van der Waals surface area contributed by atoms with Crippen molar-refractivity contribution in [1.29, 1.82) is 0 Å². The van der Waals surface area contributed by atoms with Crippen molar-refractivity contribution < 1.29 is 0 Å². The minimum atomic E-state index is 0.327. The molecule has 1 aliphatic rings. The lowest BCUT2D eigenvalue weighted by molar-refractivity contribution is 0.260. The molecule has 0 radical (unpaired) electrons. The molecule has 0 bridgehead atoms. The van der Waals surface area contributed by atoms with Gasteiger partial charge in [0.2, 0.25) is 0 Å². The summed E-state index contributed by atoms with van der Waals surface area (Å²) < 4.78 is 0. The fourth-order valence-corrected chi connectivity index (χ4v) is 3.26. The van der Waals surface area contributed by atoms with E-state index in [4.69, 9.17) is 0 Å². The minimum Gasteiger partial charge on any atom is -0.125 e. The van der Waals surface area contributed by atoms with Crippen LogP contribution in [0.15, 0.2) is 30.5 Å². The van der Waals surface area contributed by atoms with Gasteiger partial charge in [0.05, 0.1) is 0 Å². The largest absolute Gasteiger partial charge is 0.125 e. The molecule has 0 amide bonds. The second-order valence-electron chi connectivity index (χ2n) is 6.59. The van der Waals surface area contributed by atoms with Crippen LogP contribution in [-0.2, 0) is 5.41 Å². The van der Waals surface area contributed by atoms with E-state index in [1.807, 2.05) is 27.7 Å². The molecule has 1 aromatic rings. The zero-order chi connectivity index (χ0) is 18.0. The summed E-state index contributed by atoms with van der Waals surface area (Å²) in [5.74, 6) is 0.887. The summed E-state index contributed by atoms with van der Waals surface area (Å²) in [4.78, 5) is 0. The van der Waals surface area contributed by atoms with Gasteiger partial charge in [0.25, 0.3) is 0 Å². The molecule has 0 nitrogen and oxygen atoms in total. The van der Waals surface area contributed by atoms with Gasteiger partial charge in [-0.25, -0.2) is 0 Å². The van der Waals surface area contributed by atoms with Crippen molar-refractivity contribution >= 4 is 5.57 Å². The lowest BCUT2D eigenvalue weighted by atomic mass is 9.66. The van der Waals surface area contributed by atoms with Crippen molar-refractivity contribution in [3.05, 3.63) is 47.2 Å². The number of rotatable bonds is 2. The smallest absolute Gasteiger partial charge is 0.00222 e.